The highest BCUT2D eigenvalue weighted by atomic mass is 32.1. The minimum Gasteiger partial charge on any atom is -0.382 e. The van der Waals surface area contributed by atoms with Crippen molar-refractivity contribution in [3.05, 3.63) is 34.7 Å². The summed E-state index contributed by atoms with van der Waals surface area (Å²) in [5, 5.41) is 0.760. The number of nitrogen functional groups attached to an aromatic ring is 1. The Bertz CT molecular complexity index is 636. The van der Waals surface area contributed by atoms with Crippen molar-refractivity contribution in [3.63, 3.8) is 0 Å². The largest absolute Gasteiger partial charge is 0.382 e. The van der Waals surface area contributed by atoms with Crippen molar-refractivity contribution < 1.29 is 4.79 Å². The fourth-order valence-corrected chi connectivity index (χ4v) is 2.80. The Morgan fingerprint density at radius 2 is 1.90 bits per heavy atom. The van der Waals surface area contributed by atoms with E-state index in [-0.39, 0.29) is 5.91 Å². The Balaban J connectivity index is 2.27. The van der Waals surface area contributed by atoms with E-state index in [9.17, 15) is 4.79 Å². The number of nitrogens with zero attached hydrogens (tertiary/aromatic N) is 3. The van der Waals surface area contributed by atoms with Crippen LogP contribution in [0.1, 0.15) is 22.2 Å². The molecule has 0 saturated heterocycles. The Hall–Kier alpha value is -2.08. The van der Waals surface area contributed by atoms with E-state index in [1.807, 2.05) is 50.1 Å². The van der Waals surface area contributed by atoms with Gasteiger partial charge in [0.1, 0.15) is 10.7 Å². The normalized spacial score (nSPS) is 10.5. The Morgan fingerprint density at radius 1 is 1.29 bits per heavy atom. The maximum Gasteiger partial charge on any atom is 0.272 e. The molecule has 0 fully saturated rings. The zero-order chi connectivity index (χ0) is 15.6. The van der Waals surface area contributed by atoms with Gasteiger partial charge in [0.25, 0.3) is 5.91 Å². The van der Waals surface area contributed by atoms with Crippen LogP contribution in [0, 0.1) is 6.92 Å². The van der Waals surface area contributed by atoms with Crippen molar-refractivity contribution in [2.75, 3.05) is 36.2 Å². The molecule has 1 amide bonds. The summed E-state index contributed by atoms with van der Waals surface area (Å²) in [5.74, 6) is 0.156. The zero-order valence-electron chi connectivity index (χ0n) is 12.8. The van der Waals surface area contributed by atoms with Gasteiger partial charge in [-0.25, -0.2) is 4.98 Å². The van der Waals surface area contributed by atoms with Crippen molar-refractivity contribution in [3.8, 4) is 0 Å². The predicted octanol–water partition coefficient (Wildman–Crippen LogP) is 2.77. The van der Waals surface area contributed by atoms with Crippen molar-refractivity contribution in [1.29, 1.82) is 0 Å². The number of benzene rings is 1. The lowest BCUT2D eigenvalue weighted by Crippen LogP contribution is -2.26. The van der Waals surface area contributed by atoms with Crippen LogP contribution in [0.2, 0.25) is 0 Å². The number of hydrogen-bond acceptors (Lipinski definition) is 5. The van der Waals surface area contributed by atoms with Gasteiger partial charge < -0.3 is 15.5 Å². The molecule has 21 heavy (non-hydrogen) atoms. The van der Waals surface area contributed by atoms with E-state index in [2.05, 4.69) is 4.98 Å². The molecule has 0 bridgehead atoms. The van der Waals surface area contributed by atoms with E-state index < -0.39 is 0 Å². The fourth-order valence-electron chi connectivity index (χ4n) is 1.81. The standard InChI is InChI=1S/C15H20N4OS/c1-5-18(3)15-17-13(16)12(21-15)14(20)19(4)11-8-6-10(2)7-9-11/h6-9H,5,16H2,1-4H3. The molecule has 0 unspecified atom stereocenters. The molecule has 1 aromatic heterocycles. The molecule has 0 aliphatic heterocycles. The first-order chi connectivity index (χ1) is 9.93. The third-order valence-corrected chi connectivity index (χ3v) is 4.54. The van der Waals surface area contributed by atoms with E-state index >= 15 is 0 Å². The second kappa shape index (κ2) is 6.13. The molecule has 1 heterocycles. The third-order valence-electron chi connectivity index (χ3n) is 3.36. The number of thiazole rings is 1. The van der Waals surface area contributed by atoms with Crippen LogP contribution in [-0.2, 0) is 0 Å². The lowest BCUT2D eigenvalue weighted by Gasteiger charge is -2.16. The molecule has 0 atom stereocenters. The second-order valence-corrected chi connectivity index (χ2v) is 5.90. The minimum atomic E-state index is -0.135. The van der Waals surface area contributed by atoms with E-state index in [0.717, 1.165) is 22.9 Å². The molecule has 1 aromatic carbocycles. The average molecular weight is 304 g/mol. The molecule has 5 nitrogen and oxygen atoms in total. The number of nitrogens with two attached hydrogens (primary N) is 1. The highest BCUT2D eigenvalue weighted by Gasteiger charge is 2.21. The van der Waals surface area contributed by atoms with Crippen LogP contribution in [0.15, 0.2) is 24.3 Å². The number of aryl methyl sites for hydroxylation is 1. The lowest BCUT2D eigenvalue weighted by atomic mass is 10.2. The van der Waals surface area contributed by atoms with Crippen LogP contribution in [0.5, 0.6) is 0 Å². The number of carbonyl (C=O) groups is 1. The molecule has 6 heteroatoms. The molecule has 112 valence electrons. The molecular formula is C15H20N4OS. The molecule has 0 aliphatic carbocycles. The number of amides is 1. The molecule has 0 radical (unpaired) electrons. The summed E-state index contributed by atoms with van der Waals surface area (Å²) < 4.78 is 0. The topological polar surface area (TPSA) is 62.5 Å². The van der Waals surface area contributed by atoms with Crippen molar-refractivity contribution in [2.45, 2.75) is 13.8 Å². The lowest BCUT2D eigenvalue weighted by molar-refractivity contribution is 0.0997. The number of anilines is 3. The van der Waals surface area contributed by atoms with Gasteiger partial charge in [0.2, 0.25) is 0 Å². The summed E-state index contributed by atoms with van der Waals surface area (Å²) in [6, 6.07) is 7.80. The molecule has 0 spiro atoms. The van der Waals surface area contributed by atoms with Gasteiger partial charge in [-0.1, -0.05) is 29.0 Å². The van der Waals surface area contributed by atoms with E-state index in [4.69, 9.17) is 5.73 Å². The zero-order valence-corrected chi connectivity index (χ0v) is 13.6. The monoisotopic (exact) mass is 304 g/mol. The fraction of sp³-hybridized carbons (Fsp3) is 0.333. The number of hydrogen-bond donors (Lipinski definition) is 1. The minimum absolute atomic E-state index is 0.135. The van der Waals surface area contributed by atoms with Gasteiger partial charge in [-0.3, -0.25) is 4.79 Å². The maximum atomic E-state index is 12.6. The first-order valence-corrected chi connectivity index (χ1v) is 7.57. The van der Waals surface area contributed by atoms with Gasteiger partial charge in [-0.05, 0) is 26.0 Å². The van der Waals surface area contributed by atoms with Crippen LogP contribution in [0.4, 0.5) is 16.6 Å². The summed E-state index contributed by atoms with van der Waals surface area (Å²) in [4.78, 5) is 20.9. The van der Waals surface area contributed by atoms with Crippen LogP contribution in [0.25, 0.3) is 0 Å². The van der Waals surface area contributed by atoms with Crippen molar-refractivity contribution in [2.24, 2.45) is 0 Å². The molecular weight excluding hydrogens is 284 g/mol. The first-order valence-electron chi connectivity index (χ1n) is 6.76. The molecule has 2 N–H and O–H groups in total. The smallest absolute Gasteiger partial charge is 0.272 e. The molecule has 0 saturated carbocycles. The summed E-state index contributed by atoms with van der Waals surface area (Å²) in [6.07, 6.45) is 0. The van der Waals surface area contributed by atoms with Crippen molar-refractivity contribution in [1.82, 2.24) is 4.98 Å². The van der Waals surface area contributed by atoms with Gasteiger partial charge in [0.05, 0.1) is 0 Å². The van der Waals surface area contributed by atoms with Crippen molar-refractivity contribution >= 4 is 33.9 Å². The second-order valence-electron chi connectivity index (χ2n) is 4.92. The number of carbonyl (C=O) groups excluding carboxylic acids is 1. The highest BCUT2D eigenvalue weighted by Crippen LogP contribution is 2.29. The summed E-state index contributed by atoms with van der Waals surface area (Å²) in [7, 11) is 3.67. The van der Waals surface area contributed by atoms with E-state index in [0.29, 0.717) is 10.7 Å². The first kappa shape index (κ1) is 15.3. The van der Waals surface area contributed by atoms with Gasteiger partial charge >= 0.3 is 0 Å². The number of rotatable bonds is 4. The average Bonchev–Trinajstić information content (AvgIpc) is 2.87. The summed E-state index contributed by atoms with van der Waals surface area (Å²) >= 11 is 1.33. The summed E-state index contributed by atoms with van der Waals surface area (Å²) in [6.45, 7) is 4.85. The van der Waals surface area contributed by atoms with Gasteiger partial charge in [-0.15, -0.1) is 0 Å². The molecule has 2 aromatic rings. The quantitative estimate of drug-likeness (QED) is 0.943. The Morgan fingerprint density at radius 3 is 2.48 bits per heavy atom. The Kier molecular flexibility index (Phi) is 4.47. The predicted molar refractivity (Wildman–Crippen MR) is 89.4 cm³/mol. The van der Waals surface area contributed by atoms with Crippen LogP contribution < -0.4 is 15.5 Å². The van der Waals surface area contributed by atoms with Gasteiger partial charge in [-0.2, -0.15) is 0 Å². The van der Waals surface area contributed by atoms with Crippen LogP contribution >= 0.6 is 11.3 Å². The third kappa shape index (κ3) is 3.16. The SMILES string of the molecule is CCN(C)c1nc(N)c(C(=O)N(C)c2ccc(C)cc2)s1. The van der Waals surface area contributed by atoms with E-state index in [1.165, 1.54) is 11.3 Å². The van der Waals surface area contributed by atoms with E-state index in [1.54, 1.807) is 11.9 Å². The Labute approximate surface area is 129 Å². The maximum absolute atomic E-state index is 12.6. The highest BCUT2D eigenvalue weighted by molar-refractivity contribution is 7.18. The van der Waals surface area contributed by atoms with Gasteiger partial charge in [0, 0.05) is 26.3 Å². The molecule has 0 aliphatic rings. The van der Waals surface area contributed by atoms with Crippen LogP contribution in [0.3, 0.4) is 0 Å². The molecule has 2 rings (SSSR count). The summed E-state index contributed by atoms with van der Waals surface area (Å²) in [5.41, 5.74) is 7.89. The number of aromatic nitrogens is 1. The van der Waals surface area contributed by atoms with Gasteiger partial charge in [0.15, 0.2) is 5.13 Å². The van der Waals surface area contributed by atoms with Crippen LogP contribution in [-0.4, -0.2) is 31.5 Å².